The van der Waals surface area contributed by atoms with Crippen LogP contribution < -0.4 is 10.2 Å². The zero-order chi connectivity index (χ0) is 17.9. The van der Waals surface area contributed by atoms with Crippen LogP contribution in [0.15, 0.2) is 34.9 Å². The van der Waals surface area contributed by atoms with Gasteiger partial charge in [0, 0.05) is 32.6 Å². The molecule has 1 saturated heterocycles. The molecule has 1 aliphatic rings. The van der Waals surface area contributed by atoms with Gasteiger partial charge >= 0.3 is 6.03 Å². The quantitative estimate of drug-likeness (QED) is 0.839. The molecule has 8 heteroatoms. The number of hydrogen-bond donors (Lipinski definition) is 2. The highest BCUT2D eigenvalue weighted by atomic mass is 16.5. The van der Waals surface area contributed by atoms with E-state index in [4.69, 9.17) is 4.52 Å². The van der Waals surface area contributed by atoms with E-state index in [0.29, 0.717) is 24.9 Å². The Kier molecular flexibility index (Phi) is 4.89. The van der Waals surface area contributed by atoms with Gasteiger partial charge in [-0.15, -0.1) is 0 Å². The topological polar surface area (TPSA) is 94.7 Å². The summed E-state index contributed by atoms with van der Waals surface area (Å²) in [6.45, 7) is 1.25. The van der Waals surface area contributed by atoms with Crippen LogP contribution in [0, 0.1) is 0 Å². The molecule has 0 spiro atoms. The smallest absolute Gasteiger partial charge is 0.317 e. The van der Waals surface area contributed by atoms with Crippen molar-refractivity contribution >= 4 is 12.0 Å². The number of amides is 2. The summed E-state index contributed by atoms with van der Waals surface area (Å²) in [5.74, 6) is 0.821. The number of aromatic nitrogens is 2. The Balaban J connectivity index is 1.60. The second kappa shape index (κ2) is 7.10. The minimum atomic E-state index is -0.402. The van der Waals surface area contributed by atoms with E-state index in [9.17, 15) is 9.90 Å². The van der Waals surface area contributed by atoms with Crippen LogP contribution in [0.25, 0.3) is 0 Å². The first-order chi connectivity index (χ1) is 12.0. The van der Waals surface area contributed by atoms with Crippen LogP contribution in [0.3, 0.4) is 0 Å². The van der Waals surface area contributed by atoms with Crippen LogP contribution in [-0.2, 0) is 12.0 Å². The maximum Gasteiger partial charge on any atom is 0.317 e. The number of likely N-dealkylation sites (tertiary alicyclic amines) is 1. The molecule has 134 valence electrons. The van der Waals surface area contributed by atoms with E-state index in [2.05, 4.69) is 15.5 Å². The second-order valence-corrected chi connectivity index (χ2v) is 6.52. The Morgan fingerprint density at radius 1 is 1.40 bits per heavy atom. The molecule has 0 aliphatic carbocycles. The standard InChI is InChI=1S/C17H23N5O3/c1-21(2)15-19-14(25-20-15)10-18-16(24)22-9-8-17(11-22,12-23)13-6-4-3-5-7-13/h3-7,23H,8-12H2,1-2H3,(H,18,24). The number of carbonyl (C=O) groups is 1. The van der Waals surface area contributed by atoms with Gasteiger partial charge < -0.3 is 24.7 Å². The first-order valence-corrected chi connectivity index (χ1v) is 8.23. The lowest BCUT2D eigenvalue weighted by molar-refractivity contribution is 0.182. The number of hydrogen-bond acceptors (Lipinski definition) is 6. The average Bonchev–Trinajstić information content (AvgIpc) is 3.28. The highest BCUT2D eigenvalue weighted by molar-refractivity contribution is 5.74. The lowest BCUT2D eigenvalue weighted by Gasteiger charge is -2.27. The Labute approximate surface area is 146 Å². The summed E-state index contributed by atoms with van der Waals surface area (Å²) in [6.07, 6.45) is 0.728. The van der Waals surface area contributed by atoms with E-state index < -0.39 is 5.41 Å². The van der Waals surface area contributed by atoms with Crippen molar-refractivity contribution in [1.29, 1.82) is 0 Å². The highest BCUT2D eigenvalue weighted by Crippen LogP contribution is 2.34. The summed E-state index contributed by atoms with van der Waals surface area (Å²) in [6, 6.07) is 9.65. The van der Waals surface area contributed by atoms with Crippen molar-refractivity contribution < 1.29 is 14.4 Å². The van der Waals surface area contributed by atoms with Gasteiger partial charge in [-0.3, -0.25) is 0 Å². The molecular formula is C17H23N5O3. The van der Waals surface area contributed by atoms with Gasteiger partial charge in [-0.2, -0.15) is 4.98 Å². The van der Waals surface area contributed by atoms with E-state index in [1.54, 1.807) is 9.80 Å². The van der Waals surface area contributed by atoms with Crippen LogP contribution in [0.1, 0.15) is 17.9 Å². The van der Waals surface area contributed by atoms with Crippen LogP contribution in [0.2, 0.25) is 0 Å². The number of rotatable bonds is 5. The summed E-state index contributed by atoms with van der Waals surface area (Å²) >= 11 is 0. The van der Waals surface area contributed by atoms with E-state index in [0.717, 1.165) is 12.0 Å². The predicted molar refractivity (Wildman–Crippen MR) is 92.3 cm³/mol. The molecule has 2 N–H and O–H groups in total. The average molecular weight is 345 g/mol. The van der Waals surface area contributed by atoms with E-state index >= 15 is 0 Å². The SMILES string of the molecule is CN(C)c1noc(CNC(=O)N2CCC(CO)(c3ccccc3)C2)n1. The van der Waals surface area contributed by atoms with Crippen molar-refractivity contribution in [3.05, 3.63) is 41.8 Å². The number of nitrogens with zero attached hydrogens (tertiary/aromatic N) is 4. The molecule has 2 amide bonds. The molecule has 25 heavy (non-hydrogen) atoms. The lowest BCUT2D eigenvalue weighted by atomic mass is 9.80. The van der Waals surface area contributed by atoms with Gasteiger partial charge in [-0.1, -0.05) is 30.3 Å². The summed E-state index contributed by atoms with van der Waals surface area (Å²) in [4.78, 5) is 20.0. The van der Waals surface area contributed by atoms with Crippen LogP contribution in [-0.4, -0.2) is 60.0 Å². The number of benzene rings is 1. The van der Waals surface area contributed by atoms with Gasteiger partial charge in [-0.25, -0.2) is 4.79 Å². The zero-order valence-electron chi connectivity index (χ0n) is 14.5. The van der Waals surface area contributed by atoms with Gasteiger partial charge in [0.05, 0.1) is 13.2 Å². The normalized spacial score (nSPS) is 19.9. The first-order valence-electron chi connectivity index (χ1n) is 8.23. The largest absolute Gasteiger partial charge is 0.395 e. The molecule has 0 saturated carbocycles. The number of anilines is 1. The van der Waals surface area contributed by atoms with Crippen molar-refractivity contribution in [3.63, 3.8) is 0 Å². The maximum absolute atomic E-state index is 12.4. The van der Waals surface area contributed by atoms with E-state index in [-0.39, 0.29) is 19.2 Å². The van der Waals surface area contributed by atoms with Crippen LogP contribution in [0.5, 0.6) is 0 Å². The number of nitrogens with one attached hydrogen (secondary N) is 1. The fraction of sp³-hybridized carbons (Fsp3) is 0.471. The third kappa shape index (κ3) is 3.58. The third-order valence-corrected chi connectivity index (χ3v) is 4.58. The van der Waals surface area contributed by atoms with Crippen molar-refractivity contribution in [2.45, 2.75) is 18.4 Å². The van der Waals surface area contributed by atoms with Gasteiger partial charge in [0.2, 0.25) is 5.89 Å². The van der Waals surface area contributed by atoms with E-state index in [1.165, 1.54) is 0 Å². The molecule has 3 rings (SSSR count). The number of urea groups is 1. The monoisotopic (exact) mass is 345 g/mol. The van der Waals surface area contributed by atoms with Gasteiger partial charge in [0.25, 0.3) is 5.95 Å². The molecule has 1 aliphatic heterocycles. The van der Waals surface area contributed by atoms with Crippen LogP contribution >= 0.6 is 0 Å². The summed E-state index contributed by atoms with van der Waals surface area (Å²) in [7, 11) is 3.63. The van der Waals surface area contributed by atoms with Crippen molar-refractivity contribution in [3.8, 4) is 0 Å². The maximum atomic E-state index is 12.4. The Morgan fingerprint density at radius 3 is 2.80 bits per heavy atom. The fourth-order valence-electron chi connectivity index (χ4n) is 3.06. The molecule has 0 bridgehead atoms. The molecule has 1 atom stereocenters. The minimum absolute atomic E-state index is 0.0106. The number of aliphatic hydroxyl groups excluding tert-OH is 1. The minimum Gasteiger partial charge on any atom is -0.395 e. The van der Waals surface area contributed by atoms with E-state index in [1.807, 2.05) is 44.4 Å². The van der Waals surface area contributed by atoms with Gasteiger partial charge in [-0.05, 0) is 17.1 Å². The fourth-order valence-corrected chi connectivity index (χ4v) is 3.06. The predicted octanol–water partition coefficient (Wildman–Crippen LogP) is 0.981. The van der Waals surface area contributed by atoms with Crippen LogP contribution in [0.4, 0.5) is 10.7 Å². The third-order valence-electron chi connectivity index (χ3n) is 4.58. The molecule has 1 aromatic heterocycles. The Bertz CT molecular complexity index is 718. The highest BCUT2D eigenvalue weighted by Gasteiger charge is 2.40. The van der Waals surface area contributed by atoms with Crippen molar-refractivity contribution in [2.24, 2.45) is 0 Å². The first kappa shape index (κ1) is 17.2. The molecule has 2 heterocycles. The molecule has 2 aromatic rings. The zero-order valence-corrected chi connectivity index (χ0v) is 14.5. The Morgan fingerprint density at radius 2 is 2.16 bits per heavy atom. The molecule has 0 radical (unpaired) electrons. The van der Waals surface area contributed by atoms with Crippen molar-refractivity contribution in [1.82, 2.24) is 20.4 Å². The molecule has 1 fully saturated rings. The Hall–Kier alpha value is -2.61. The molecule has 1 aromatic carbocycles. The molecule has 8 nitrogen and oxygen atoms in total. The van der Waals surface area contributed by atoms with Gasteiger partial charge in [0.1, 0.15) is 0 Å². The second-order valence-electron chi connectivity index (χ2n) is 6.52. The van der Waals surface area contributed by atoms with Gasteiger partial charge in [0.15, 0.2) is 0 Å². The number of aliphatic hydroxyl groups is 1. The van der Waals surface area contributed by atoms with Crippen molar-refractivity contribution in [2.75, 3.05) is 38.7 Å². The summed E-state index contributed by atoms with van der Waals surface area (Å²) in [5.41, 5.74) is 0.654. The summed E-state index contributed by atoms with van der Waals surface area (Å²) in [5, 5.41) is 16.5. The summed E-state index contributed by atoms with van der Waals surface area (Å²) < 4.78 is 5.09. The molecule has 1 unspecified atom stereocenters. The number of carbonyl (C=O) groups excluding carboxylic acids is 1. The molecular weight excluding hydrogens is 322 g/mol. The lowest BCUT2D eigenvalue weighted by Crippen LogP contribution is -2.41.